The van der Waals surface area contributed by atoms with Crippen molar-refractivity contribution in [3.05, 3.63) is 41.0 Å². The molecule has 1 N–H and O–H groups in total. The summed E-state index contributed by atoms with van der Waals surface area (Å²) in [6.45, 7) is 2.56. The first-order valence-electron chi connectivity index (χ1n) is 9.03. The molecule has 148 valence electrons. The highest BCUT2D eigenvalue weighted by molar-refractivity contribution is 5.92. The highest BCUT2D eigenvalue weighted by atomic mass is 19.4. The van der Waals surface area contributed by atoms with Gasteiger partial charge in [-0.3, -0.25) is 9.89 Å². The van der Waals surface area contributed by atoms with Crippen LogP contribution in [-0.4, -0.2) is 44.2 Å². The van der Waals surface area contributed by atoms with Gasteiger partial charge >= 0.3 is 6.18 Å². The number of likely N-dealkylation sites (tertiary alicyclic amines) is 1. The minimum Gasteiger partial charge on any atom is -0.337 e. The van der Waals surface area contributed by atoms with Crippen LogP contribution >= 0.6 is 0 Å². The van der Waals surface area contributed by atoms with E-state index in [0.29, 0.717) is 43.7 Å². The van der Waals surface area contributed by atoms with Crippen molar-refractivity contribution >= 4 is 17.0 Å². The smallest absolute Gasteiger partial charge is 0.337 e. The summed E-state index contributed by atoms with van der Waals surface area (Å²) in [5.41, 5.74) is 0.119. The van der Waals surface area contributed by atoms with Crippen LogP contribution in [0.1, 0.15) is 53.1 Å². The van der Waals surface area contributed by atoms with Crippen LogP contribution in [-0.2, 0) is 12.6 Å². The second-order valence-corrected chi connectivity index (χ2v) is 6.80. The molecule has 4 rings (SSSR count). The molecule has 0 bridgehead atoms. The minimum atomic E-state index is -4.53. The van der Waals surface area contributed by atoms with Crippen molar-refractivity contribution in [3.63, 3.8) is 0 Å². The molecule has 1 amide bonds. The van der Waals surface area contributed by atoms with Gasteiger partial charge in [-0.25, -0.2) is 4.98 Å². The maximum atomic E-state index is 13.6. The van der Waals surface area contributed by atoms with Crippen LogP contribution in [0.5, 0.6) is 0 Å². The van der Waals surface area contributed by atoms with Crippen molar-refractivity contribution in [1.82, 2.24) is 25.2 Å². The first-order chi connectivity index (χ1) is 13.4. The fraction of sp³-hybridized carbons (Fsp3) is 0.444. The zero-order chi connectivity index (χ0) is 19.9. The quantitative estimate of drug-likeness (QED) is 0.735. The normalized spacial score (nSPS) is 16.1. The zero-order valence-electron chi connectivity index (χ0n) is 15.1. The predicted octanol–water partition coefficient (Wildman–Crippen LogP) is 3.55. The van der Waals surface area contributed by atoms with Gasteiger partial charge in [-0.2, -0.15) is 18.3 Å². The summed E-state index contributed by atoms with van der Waals surface area (Å²) < 4.78 is 46.0. The number of piperidine rings is 1. The highest BCUT2D eigenvalue weighted by Crippen LogP contribution is 2.40. The van der Waals surface area contributed by atoms with E-state index in [1.807, 2.05) is 0 Å². The van der Waals surface area contributed by atoms with Gasteiger partial charge in [-0.05, 0) is 31.4 Å². The third-order valence-electron chi connectivity index (χ3n) is 5.09. The molecule has 0 aromatic carbocycles. The van der Waals surface area contributed by atoms with E-state index in [1.165, 1.54) is 6.20 Å². The Hall–Kier alpha value is -2.91. The Morgan fingerprint density at radius 3 is 2.71 bits per heavy atom. The average Bonchev–Trinajstić information content (AvgIpc) is 3.36. The average molecular weight is 393 g/mol. The number of nitrogens with zero attached hydrogens (tertiary/aromatic N) is 4. The molecule has 7 nitrogen and oxygen atoms in total. The lowest BCUT2D eigenvalue weighted by Crippen LogP contribution is -2.38. The van der Waals surface area contributed by atoms with Gasteiger partial charge in [0.05, 0.1) is 16.6 Å². The molecule has 0 atom stereocenters. The van der Waals surface area contributed by atoms with E-state index in [2.05, 4.69) is 20.3 Å². The molecular formula is C18H18F3N5O2. The first-order valence-corrected chi connectivity index (χ1v) is 9.03. The van der Waals surface area contributed by atoms with E-state index in [1.54, 1.807) is 17.9 Å². The Morgan fingerprint density at radius 2 is 2.11 bits per heavy atom. The Kier molecular flexibility index (Phi) is 4.56. The van der Waals surface area contributed by atoms with Crippen LogP contribution in [0.4, 0.5) is 13.2 Å². The van der Waals surface area contributed by atoms with Gasteiger partial charge in [-0.15, -0.1) is 0 Å². The maximum Gasteiger partial charge on any atom is 0.417 e. The van der Waals surface area contributed by atoms with Gasteiger partial charge in [0.2, 0.25) is 0 Å². The lowest BCUT2D eigenvalue weighted by atomic mass is 9.90. The number of H-pyrrole nitrogens is 1. The lowest BCUT2D eigenvalue weighted by molar-refractivity contribution is -0.136. The number of hydrogen-bond donors (Lipinski definition) is 1. The molecule has 1 saturated heterocycles. The summed E-state index contributed by atoms with van der Waals surface area (Å²) in [5.74, 6) is -0.409. The molecule has 3 aromatic rings. The fourth-order valence-electron chi connectivity index (χ4n) is 3.61. The highest BCUT2D eigenvalue weighted by Gasteiger charge is 2.38. The molecule has 1 aliphatic heterocycles. The number of aromatic amines is 1. The maximum absolute atomic E-state index is 13.6. The number of nitrogens with one attached hydrogen (secondary N) is 1. The summed E-state index contributed by atoms with van der Waals surface area (Å²) >= 11 is 0. The molecule has 28 heavy (non-hydrogen) atoms. The van der Waals surface area contributed by atoms with Crippen molar-refractivity contribution in [2.45, 2.75) is 38.3 Å². The molecule has 10 heteroatoms. The van der Waals surface area contributed by atoms with Crippen molar-refractivity contribution in [3.8, 4) is 0 Å². The number of fused-ring (bicyclic) bond motifs is 1. The largest absolute Gasteiger partial charge is 0.417 e. The van der Waals surface area contributed by atoms with E-state index >= 15 is 0 Å². The number of carbonyl (C=O) groups is 1. The van der Waals surface area contributed by atoms with Gasteiger partial charge < -0.3 is 9.42 Å². The van der Waals surface area contributed by atoms with Crippen molar-refractivity contribution in [1.29, 1.82) is 0 Å². The molecule has 3 aromatic heterocycles. The number of halogens is 3. The van der Waals surface area contributed by atoms with Gasteiger partial charge in [0.25, 0.3) is 11.6 Å². The Balaban J connectivity index is 1.61. The van der Waals surface area contributed by atoms with Crippen LogP contribution in [0.2, 0.25) is 0 Å². The molecule has 0 radical (unpaired) electrons. The van der Waals surface area contributed by atoms with Gasteiger partial charge in [0.15, 0.2) is 0 Å². The lowest BCUT2D eigenvalue weighted by Gasteiger charge is -2.31. The third-order valence-corrected chi connectivity index (χ3v) is 5.09. The Bertz CT molecular complexity index is 989. The number of rotatable bonds is 3. The molecule has 0 saturated carbocycles. The molecule has 0 aliphatic carbocycles. The minimum absolute atomic E-state index is 0.0666. The van der Waals surface area contributed by atoms with Crippen LogP contribution < -0.4 is 0 Å². The van der Waals surface area contributed by atoms with Crippen LogP contribution in [0, 0.1) is 0 Å². The monoisotopic (exact) mass is 393 g/mol. The molecule has 4 heterocycles. The number of aromatic nitrogens is 4. The standard InChI is InChI=1S/C18H18F3N5O2/c1-2-11-9-12(18(19,20)21)14-15(25-28-16(14)23-11)10-4-7-26(8-5-10)17(27)13-3-6-22-24-13/h3,6,9-10H,2,4-5,7-8H2,1H3,(H,22,24). The van der Waals surface area contributed by atoms with Crippen molar-refractivity contribution in [2.75, 3.05) is 13.1 Å². The predicted molar refractivity (Wildman–Crippen MR) is 92.7 cm³/mol. The van der Waals surface area contributed by atoms with Crippen molar-refractivity contribution < 1.29 is 22.5 Å². The number of pyridine rings is 1. The van der Waals surface area contributed by atoms with E-state index in [0.717, 1.165) is 6.07 Å². The summed E-state index contributed by atoms with van der Waals surface area (Å²) in [6, 6.07) is 2.66. The molecule has 1 aliphatic rings. The Labute approximate surface area is 157 Å². The van der Waals surface area contributed by atoms with E-state index in [4.69, 9.17) is 4.52 Å². The van der Waals surface area contributed by atoms with E-state index in [9.17, 15) is 18.0 Å². The molecule has 0 spiro atoms. The first kappa shape index (κ1) is 18.5. The van der Waals surface area contributed by atoms with E-state index < -0.39 is 11.7 Å². The summed E-state index contributed by atoms with van der Waals surface area (Å²) in [7, 11) is 0. The fourth-order valence-corrected chi connectivity index (χ4v) is 3.61. The number of alkyl halides is 3. The summed E-state index contributed by atoms with van der Waals surface area (Å²) in [4.78, 5) is 18.2. The second kappa shape index (κ2) is 6.92. The second-order valence-electron chi connectivity index (χ2n) is 6.80. The van der Waals surface area contributed by atoms with Crippen LogP contribution in [0.3, 0.4) is 0 Å². The SMILES string of the molecule is CCc1cc(C(F)(F)F)c2c(C3CCN(C(=O)c4ccn[nH]4)CC3)noc2n1. The Morgan fingerprint density at radius 1 is 1.36 bits per heavy atom. The topological polar surface area (TPSA) is 87.9 Å². The third kappa shape index (κ3) is 3.23. The number of amides is 1. The van der Waals surface area contributed by atoms with Gasteiger partial charge in [0.1, 0.15) is 5.69 Å². The summed E-state index contributed by atoms with van der Waals surface area (Å²) in [6.07, 6.45) is -1.67. The zero-order valence-corrected chi connectivity index (χ0v) is 15.1. The molecular weight excluding hydrogens is 375 g/mol. The van der Waals surface area contributed by atoms with Gasteiger partial charge in [-0.1, -0.05) is 12.1 Å². The molecule has 0 unspecified atom stereocenters. The number of hydrogen-bond acceptors (Lipinski definition) is 5. The number of carbonyl (C=O) groups excluding carboxylic acids is 1. The number of aryl methyl sites for hydroxylation is 1. The van der Waals surface area contributed by atoms with E-state index in [-0.39, 0.29) is 28.6 Å². The van der Waals surface area contributed by atoms with Gasteiger partial charge in [0, 0.05) is 30.9 Å². The van der Waals surface area contributed by atoms with Crippen LogP contribution in [0.15, 0.2) is 22.9 Å². The van der Waals surface area contributed by atoms with Crippen LogP contribution in [0.25, 0.3) is 11.1 Å². The summed E-state index contributed by atoms with van der Waals surface area (Å²) in [5, 5.41) is 10.3. The van der Waals surface area contributed by atoms with Crippen molar-refractivity contribution in [2.24, 2.45) is 0 Å². The molecule has 1 fully saturated rings.